The maximum absolute atomic E-state index is 14.6. The van der Waals surface area contributed by atoms with Crippen LogP contribution in [-0.4, -0.2) is 33.6 Å². The number of rotatable bonds is 8. The summed E-state index contributed by atoms with van der Waals surface area (Å²) in [5.74, 6) is -0.0489. The molecule has 198 valence electrons. The highest BCUT2D eigenvalue weighted by molar-refractivity contribution is 7.99. The lowest BCUT2D eigenvalue weighted by Gasteiger charge is -2.24. The molecule has 5 nitrogen and oxygen atoms in total. The van der Waals surface area contributed by atoms with Crippen molar-refractivity contribution in [3.8, 4) is 0 Å². The summed E-state index contributed by atoms with van der Waals surface area (Å²) in [6.07, 6.45) is 7.45. The van der Waals surface area contributed by atoms with Gasteiger partial charge in [-0.15, -0.1) is 0 Å². The van der Waals surface area contributed by atoms with E-state index in [0.717, 1.165) is 17.4 Å². The van der Waals surface area contributed by atoms with Gasteiger partial charge in [-0.1, -0.05) is 49.6 Å². The molecule has 3 aromatic rings. The van der Waals surface area contributed by atoms with Gasteiger partial charge in [0.05, 0.1) is 38.4 Å². The average molecular weight is 551 g/mol. The van der Waals surface area contributed by atoms with E-state index in [1.54, 1.807) is 60.7 Å². The van der Waals surface area contributed by atoms with Gasteiger partial charge in [-0.25, -0.2) is 8.60 Å². The van der Waals surface area contributed by atoms with Crippen LogP contribution >= 0.6 is 11.8 Å². The number of amides is 2. The smallest absolute Gasteiger partial charge is 0.259 e. The molecule has 1 N–H and O–H groups in total. The van der Waals surface area contributed by atoms with E-state index in [1.807, 2.05) is 11.8 Å². The van der Waals surface area contributed by atoms with Crippen molar-refractivity contribution in [2.24, 2.45) is 0 Å². The third-order valence-corrected chi connectivity index (χ3v) is 10.0. The highest BCUT2D eigenvalue weighted by Gasteiger charge is 2.32. The van der Waals surface area contributed by atoms with Crippen LogP contribution in [0.5, 0.6) is 0 Å². The first-order chi connectivity index (χ1) is 18.5. The molecular formula is C30H31FN2O3S2. The lowest BCUT2D eigenvalue weighted by molar-refractivity contribution is 0.0950. The Morgan fingerprint density at radius 2 is 1.76 bits per heavy atom. The molecular weight excluding hydrogens is 519 g/mol. The Balaban J connectivity index is 1.36. The zero-order valence-corrected chi connectivity index (χ0v) is 22.8. The number of hydrogen-bond donors (Lipinski definition) is 1. The number of nitrogens with zero attached hydrogens (tertiary/aromatic N) is 1. The van der Waals surface area contributed by atoms with Gasteiger partial charge in [0.2, 0.25) is 0 Å². The van der Waals surface area contributed by atoms with Gasteiger partial charge in [0, 0.05) is 22.9 Å². The number of benzene rings is 3. The molecule has 0 spiro atoms. The third-order valence-electron chi connectivity index (χ3n) is 7.07. The van der Waals surface area contributed by atoms with Crippen molar-refractivity contribution in [2.45, 2.75) is 60.1 Å². The molecule has 2 aliphatic rings. The number of carbonyl (C=O) groups is 2. The SMILES string of the molecule is O=C(NCCCSC1CCCCC1)c1ccc2c(c1)N(Cc1ccccc1F)C(=O)c1ccccc1S2=O. The summed E-state index contributed by atoms with van der Waals surface area (Å²) in [6.45, 7) is 0.512. The third kappa shape index (κ3) is 5.86. The van der Waals surface area contributed by atoms with E-state index >= 15 is 0 Å². The molecule has 8 heteroatoms. The Morgan fingerprint density at radius 1 is 1.00 bits per heavy atom. The van der Waals surface area contributed by atoms with Gasteiger partial charge in [-0.2, -0.15) is 11.8 Å². The Hall–Kier alpha value is -2.97. The van der Waals surface area contributed by atoms with E-state index in [4.69, 9.17) is 0 Å². The first-order valence-corrected chi connectivity index (χ1v) is 15.3. The molecule has 0 radical (unpaired) electrons. The van der Waals surface area contributed by atoms with E-state index in [-0.39, 0.29) is 18.4 Å². The standard InChI is InChI=1S/C30H31FN2O3S2/c31-25-13-6-4-9-22(25)20-33-26-19-21(29(34)32-17-8-18-37-23-10-2-1-3-11-23)15-16-28(26)38(36)27-14-7-5-12-24(27)30(33)35/h4-7,9,12-16,19,23H,1-3,8,10-11,17-18,20H2,(H,32,34). The zero-order chi connectivity index (χ0) is 26.5. The molecule has 38 heavy (non-hydrogen) atoms. The average Bonchev–Trinajstić information content (AvgIpc) is 3.03. The number of hydrogen-bond acceptors (Lipinski definition) is 4. The topological polar surface area (TPSA) is 66.5 Å². The van der Waals surface area contributed by atoms with Crippen LogP contribution in [0.4, 0.5) is 10.1 Å². The number of fused-ring (bicyclic) bond motifs is 2. The summed E-state index contributed by atoms with van der Waals surface area (Å²) < 4.78 is 28.1. The second kappa shape index (κ2) is 12.3. The van der Waals surface area contributed by atoms with Crippen molar-refractivity contribution in [3.05, 3.63) is 89.2 Å². The largest absolute Gasteiger partial charge is 0.352 e. The van der Waals surface area contributed by atoms with Crippen molar-refractivity contribution in [2.75, 3.05) is 17.2 Å². The van der Waals surface area contributed by atoms with Crippen molar-refractivity contribution >= 4 is 40.1 Å². The Labute approximate surface area is 229 Å². The highest BCUT2D eigenvalue weighted by Crippen LogP contribution is 2.36. The molecule has 0 bridgehead atoms. The molecule has 1 saturated carbocycles. The predicted octanol–water partition coefficient (Wildman–Crippen LogP) is 6.34. The Kier molecular flexibility index (Phi) is 8.59. The molecule has 2 amide bonds. The van der Waals surface area contributed by atoms with Crippen LogP contribution in [0.25, 0.3) is 0 Å². The van der Waals surface area contributed by atoms with E-state index in [9.17, 15) is 18.2 Å². The van der Waals surface area contributed by atoms with Crippen LogP contribution in [0.2, 0.25) is 0 Å². The van der Waals surface area contributed by atoms with Crippen LogP contribution < -0.4 is 10.2 Å². The summed E-state index contributed by atoms with van der Waals surface area (Å²) in [4.78, 5) is 29.0. The Bertz CT molecular complexity index is 1360. The van der Waals surface area contributed by atoms with Crippen molar-refractivity contribution in [3.63, 3.8) is 0 Å². The van der Waals surface area contributed by atoms with E-state index < -0.39 is 16.6 Å². The molecule has 1 aliphatic carbocycles. The van der Waals surface area contributed by atoms with Crippen molar-refractivity contribution < 1.29 is 18.2 Å². The lowest BCUT2D eigenvalue weighted by atomic mass is 10.0. The fourth-order valence-corrected chi connectivity index (χ4v) is 7.67. The first-order valence-electron chi connectivity index (χ1n) is 13.1. The minimum atomic E-state index is -1.64. The molecule has 0 saturated heterocycles. The second-order valence-corrected chi connectivity index (χ2v) is 12.5. The zero-order valence-electron chi connectivity index (χ0n) is 21.2. The van der Waals surface area contributed by atoms with Gasteiger partial charge in [0.25, 0.3) is 11.8 Å². The van der Waals surface area contributed by atoms with Gasteiger partial charge in [0.15, 0.2) is 0 Å². The van der Waals surface area contributed by atoms with Crippen LogP contribution in [0, 0.1) is 5.82 Å². The van der Waals surface area contributed by atoms with Crippen LogP contribution in [0.1, 0.15) is 64.8 Å². The lowest BCUT2D eigenvalue weighted by Crippen LogP contribution is -2.31. The number of thioether (sulfide) groups is 1. The summed E-state index contributed by atoms with van der Waals surface area (Å²) in [5.41, 5.74) is 1.37. The quantitative estimate of drug-likeness (QED) is 0.333. The minimum absolute atomic E-state index is 0.0481. The molecule has 1 heterocycles. The number of halogens is 1. The number of nitrogens with one attached hydrogen (secondary N) is 1. The van der Waals surface area contributed by atoms with Gasteiger partial charge < -0.3 is 10.2 Å². The molecule has 3 aromatic carbocycles. The van der Waals surface area contributed by atoms with Gasteiger partial charge in [-0.05, 0) is 61.4 Å². The van der Waals surface area contributed by atoms with Crippen LogP contribution in [-0.2, 0) is 17.3 Å². The molecule has 0 aromatic heterocycles. The maximum Gasteiger partial charge on any atom is 0.259 e. The fraction of sp³-hybridized carbons (Fsp3) is 0.333. The van der Waals surface area contributed by atoms with Crippen LogP contribution in [0.3, 0.4) is 0 Å². The molecule has 1 unspecified atom stereocenters. The monoisotopic (exact) mass is 550 g/mol. The highest BCUT2D eigenvalue weighted by atomic mass is 32.2. The molecule has 5 rings (SSSR count). The van der Waals surface area contributed by atoms with Crippen molar-refractivity contribution in [1.82, 2.24) is 5.32 Å². The van der Waals surface area contributed by atoms with Gasteiger partial charge >= 0.3 is 0 Å². The molecule has 1 aliphatic heterocycles. The summed E-state index contributed by atoms with van der Waals surface area (Å²) >= 11 is 2.00. The van der Waals surface area contributed by atoms with Crippen molar-refractivity contribution in [1.29, 1.82) is 0 Å². The van der Waals surface area contributed by atoms with Gasteiger partial charge in [0.1, 0.15) is 5.82 Å². The molecule has 1 fully saturated rings. The number of anilines is 1. The Morgan fingerprint density at radius 3 is 2.58 bits per heavy atom. The minimum Gasteiger partial charge on any atom is -0.352 e. The van der Waals surface area contributed by atoms with E-state index in [2.05, 4.69) is 5.32 Å². The molecule has 1 atom stereocenters. The fourth-order valence-electron chi connectivity index (χ4n) is 5.02. The van der Waals surface area contributed by atoms with Crippen LogP contribution in [0.15, 0.2) is 76.5 Å². The predicted molar refractivity (Wildman–Crippen MR) is 151 cm³/mol. The summed E-state index contributed by atoms with van der Waals surface area (Å²) in [7, 11) is -1.64. The summed E-state index contributed by atoms with van der Waals surface area (Å²) in [5, 5.41) is 3.72. The van der Waals surface area contributed by atoms with E-state index in [1.165, 1.54) is 43.1 Å². The first kappa shape index (κ1) is 26.6. The maximum atomic E-state index is 14.6. The normalized spacial score (nSPS) is 17.4. The van der Waals surface area contributed by atoms with E-state index in [0.29, 0.717) is 38.7 Å². The number of carbonyl (C=O) groups excluding carboxylic acids is 2. The second-order valence-electron chi connectivity index (χ2n) is 9.67. The van der Waals surface area contributed by atoms with Gasteiger partial charge in [-0.3, -0.25) is 9.59 Å². The summed E-state index contributed by atoms with van der Waals surface area (Å²) in [6, 6.07) is 17.9.